The molecule has 0 radical (unpaired) electrons. The normalized spacial score (nSPS) is 11.9. The SMILES string of the molecule is CCCNC(=O)[C@H](CC)N(Cc1cccc(OC)c1)C(=O)CN(c1cccc(C)c1C)S(=O)(=O)c1ccccc1. The van der Waals surface area contributed by atoms with E-state index in [1.54, 1.807) is 49.6 Å². The Bertz CT molecular complexity index is 1410. The van der Waals surface area contributed by atoms with Crippen molar-refractivity contribution in [1.82, 2.24) is 10.2 Å². The highest BCUT2D eigenvalue weighted by Crippen LogP contribution is 2.29. The van der Waals surface area contributed by atoms with Gasteiger partial charge in [0.15, 0.2) is 0 Å². The van der Waals surface area contributed by atoms with Gasteiger partial charge in [-0.25, -0.2) is 8.42 Å². The molecule has 0 unspecified atom stereocenters. The van der Waals surface area contributed by atoms with Crippen molar-refractivity contribution in [3.05, 3.63) is 89.5 Å². The van der Waals surface area contributed by atoms with E-state index in [1.807, 2.05) is 45.9 Å². The van der Waals surface area contributed by atoms with E-state index < -0.39 is 28.5 Å². The van der Waals surface area contributed by atoms with Gasteiger partial charge in [-0.15, -0.1) is 0 Å². The first-order chi connectivity index (χ1) is 19.1. The minimum Gasteiger partial charge on any atom is -0.497 e. The molecule has 8 nitrogen and oxygen atoms in total. The lowest BCUT2D eigenvalue weighted by Gasteiger charge is -2.33. The zero-order valence-corrected chi connectivity index (χ0v) is 24.7. The summed E-state index contributed by atoms with van der Waals surface area (Å²) in [6.07, 6.45) is 1.11. The Balaban J connectivity index is 2.09. The molecule has 9 heteroatoms. The van der Waals surface area contributed by atoms with Crippen LogP contribution >= 0.6 is 0 Å². The summed E-state index contributed by atoms with van der Waals surface area (Å²) in [6, 6.07) is 19.9. The van der Waals surface area contributed by atoms with E-state index in [9.17, 15) is 18.0 Å². The highest BCUT2D eigenvalue weighted by atomic mass is 32.2. The topological polar surface area (TPSA) is 96.0 Å². The third-order valence-electron chi connectivity index (χ3n) is 6.88. The number of nitrogens with zero attached hydrogens (tertiary/aromatic N) is 2. The molecule has 0 aromatic heterocycles. The Kier molecular flexibility index (Phi) is 10.7. The van der Waals surface area contributed by atoms with Crippen molar-refractivity contribution in [2.45, 2.75) is 58.0 Å². The van der Waals surface area contributed by atoms with Gasteiger partial charge in [0.05, 0.1) is 17.7 Å². The van der Waals surface area contributed by atoms with E-state index in [2.05, 4.69) is 5.32 Å². The molecule has 0 spiro atoms. The van der Waals surface area contributed by atoms with E-state index in [0.717, 1.165) is 27.4 Å². The lowest BCUT2D eigenvalue weighted by Crippen LogP contribution is -2.52. The van der Waals surface area contributed by atoms with Gasteiger partial charge in [-0.1, -0.05) is 56.3 Å². The van der Waals surface area contributed by atoms with Crippen LogP contribution in [0.15, 0.2) is 77.7 Å². The maximum atomic E-state index is 14.1. The standard InChI is InChI=1S/C31H39N3O5S/c1-6-19-32-31(36)28(7-2)33(21-25-14-12-15-26(20-25)39-5)30(35)22-34(29-18-11-13-23(3)24(29)4)40(37,38)27-16-9-8-10-17-27/h8-18,20,28H,6-7,19,21-22H2,1-5H3,(H,32,36)/t28-/m0/s1. The lowest BCUT2D eigenvalue weighted by molar-refractivity contribution is -0.140. The molecule has 3 aromatic rings. The summed E-state index contributed by atoms with van der Waals surface area (Å²) in [7, 11) is -2.55. The number of rotatable bonds is 13. The number of aryl methyl sites for hydroxylation is 1. The third kappa shape index (κ3) is 7.21. The van der Waals surface area contributed by atoms with Crippen molar-refractivity contribution in [2.24, 2.45) is 0 Å². The summed E-state index contributed by atoms with van der Waals surface area (Å²) in [4.78, 5) is 28.9. The summed E-state index contributed by atoms with van der Waals surface area (Å²) in [5.74, 6) is -0.136. The summed E-state index contributed by atoms with van der Waals surface area (Å²) >= 11 is 0. The molecule has 3 rings (SSSR count). The minimum atomic E-state index is -4.11. The second kappa shape index (κ2) is 14.0. The van der Waals surface area contributed by atoms with Crippen LogP contribution in [-0.2, 0) is 26.2 Å². The van der Waals surface area contributed by atoms with Crippen molar-refractivity contribution < 1.29 is 22.7 Å². The molecule has 0 fully saturated rings. The summed E-state index contributed by atoms with van der Waals surface area (Å²) in [6.45, 7) is 7.65. The first kappa shape index (κ1) is 30.7. The predicted octanol–water partition coefficient (Wildman–Crippen LogP) is 4.84. The Morgan fingerprint density at radius 1 is 0.950 bits per heavy atom. The number of hydrogen-bond donors (Lipinski definition) is 1. The Morgan fingerprint density at radius 3 is 2.30 bits per heavy atom. The van der Waals surface area contributed by atoms with Gasteiger partial charge < -0.3 is 15.0 Å². The molecule has 2 amide bonds. The monoisotopic (exact) mass is 565 g/mol. The fraction of sp³-hybridized carbons (Fsp3) is 0.355. The maximum Gasteiger partial charge on any atom is 0.264 e. The van der Waals surface area contributed by atoms with E-state index in [4.69, 9.17) is 4.74 Å². The van der Waals surface area contributed by atoms with Crippen LogP contribution in [0.4, 0.5) is 5.69 Å². The van der Waals surface area contributed by atoms with E-state index >= 15 is 0 Å². The maximum absolute atomic E-state index is 14.1. The van der Waals surface area contributed by atoms with Crippen LogP contribution in [0.5, 0.6) is 5.75 Å². The number of sulfonamides is 1. The van der Waals surface area contributed by atoms with Crippen LogP contribution in [0, 0.1) is 13.8 Å². The van der Waals surface area contributed by atoms with Crippen LogP contribution in [0.25, 0.3) is 0 Å². The van der Waals surface area contributed by atoms with Gasteiger partial charge >= 0.3 is 0 Å². The number of ether oxygens (including phenoxy) is 1. The molecule has 0 aliphatic carbocycles. The molecule has 0 heterocycles. The fourth-order valence-corrected chi connectivity index (χ4v) is 5.98. The zero-order chi connectivity index (χ0) is 29.3. The number of nitrogens with one attached hydrogen (secondary N) is 1. The summed E-state index contributed by atoms with van der Waals surface area (Å²) in [5, 5.41) is 2.90. The molecule has 0 aliphatic heterocycles. The van der Waals surface area contributed by atoms with Crippen LogP contribution < -0.4 is 14.4 Å². The van der Waals surface area contributed by atoms with Gasteiger partial charge in [-0.3, -0.25) is 13.9 Å². The zero-order valence-electron chi connectivity index (χ0n) is 23.9. The molecule has 3 aromatic carbocycles. The van der Waals surface area contributed by atoms with Gasteiger partial charge in [0.1, 0.15) is 18.3 Å². The molecule has 1 atom stereocenters. The number of methoxy groups -OCH3 is 1. The van der Waals surface area contributed by atoms with Crippen molar-refractivity contribution in [3.63, 3.8) is 0 Å². The fourth-order valence-electron chi connectivity index (χ4n) is 4.49. The number of amides is 2. The van der Waals surface area contributed by atoms with Gasteiger partial charge in [-0.2, -0.15) is 0 Å². The van der Waals surface area contributed by atoms with Gasteiger partial charge in [0.2, 0.25) is 11.8 Å². The van der Waals surface area contributed by atoms with E-state index in [-0.39, 0.29) is 17.3 Å². The van der Waals surface area contributed by atoms with Crippen LogP contribution in [0.1, 0.15) is 43.4 Å². The second-order valence-corrected chi connectivity index (χ2v) is 11.5. The number of carbonyl (C=O) groups is 2. The predicted molar refractivity (Wildman–Crippen MR) is 158 cm³/mol. The Hall–Kier alpha value is -3.85. The molecule has 0 saturated carbocycles. The van der Waals surface area contributed by atoms with E-state index in [0.29, 0.717) is 24.4 Å². The van der Waals surface area contributed by atoms with Crippen molar-refractivity contribution in [1.29, 1.82) is 0 Å². The average Bonchev–Trinajstić information content (AvgIpc) is 2.96. The highest BCUT2D eigenvalue weighted by molar-refractivity contribution is 7.92. The third-order valence-corrected chi connectivity index (χ3v) is 8.65. The van der Waals surface area contributed by atoms with Gasteiger partial charge in [0.25, 0.3) is 10.0 Å². The number of anilines is 1. The number of benzene rings is 3. The first-order valence-electron chi connectivity index (χ1n) is 13.5. The summed E-state index contributed by atoms with van der Waals surface area (Å²) < 4.78 is 34.4. The molecule has 0 aliphatic rings. The van der Waals surface area contributed by atoms with Crippen LogP contribution in [-0.4, -0.2) is 51.4 Å². The molecule has 214 valence electrons. The molecule has 1 N–H and O–H groups in total. The smallest absolute Gasteiger partial charge is 0.264 e. The van der Waals surface area contributed by atoms with Crippen molar-refractivity contribution in [2.75, 3.05) is 24.5 Å². The van der Waals surface area contributed by atoms with Gasteiger partial charge in [-0.05, 0) is 73.7 Å². The summed E-state index contributed by atoms with van der Waals surface area (Å²) in [5.41, 5.74) is 2.83. The quantitative estimate of drug-likeness (QED) is 0.320. The number of hydrogen-bond acceptors (Lipinski definition) is 5. The van der Waals surface area contributed by atoms with E-state index in [1.165, 1.54) is 17.0 Å². The Morgan fingerprint density at radius 2 is 1.65 bits per heavy atom. The minimum absolute atomic E-state index is 0.0794. The molecular weight excluding hydrogens is 526 g/mol. The lowest BCUT2D eigenvalue weighted by atomic mass is 10.1. The highest BCUT2D eigenvalue weighted by Gasteiger charge is 2.34. The van der Waals surface area contributed by atoms with Crippen LogP contribution in [0.3, 0.4) is 0 Å². The first-order valence-corrected chi connectivity index (χ1v) is 14.9. The van der Waals surface area contributed by atoms with Crippen molar-refractivity contribution >= 4 is 27.5 Å². The number of carbonyl (C=O) groups excluding carboxylic acids is 2. The second-order valence-electron chi connectivity index (χ2n) is 9.63. The van der Waals surface area contributed by atoms with Crippen LogP contribution in [0.2, 0.25) is 0 Å². The average molecular weight is 566 g/mol. The van der Waals surface area contributed by atoms with Gasteiger partial charge in [0, 0.05) is 13.1 Å². The largest absolute Gasteiger partial charge is 0.497 e. The molecular formula is C31H39N3O5S. The molecule has 40 heavy (non-hydrogen) atoms. The van der Waals surface area contributed by atoms with Crippen molar-refractivity contribution in [3.8, 4) is 5.75 Å². The Labute approximate surface area is 238 Å². The molecule has 0 saturated heterocycles. The molecule has 0 bridgehead atoms.